The van der Waals surface area contributed by atoms with E-state index in [9.17, 15) is 38.4 Å². The third-order valence-electron chi connectivity index (χ3n) is 21.7. The van der Waals surface area contributed by atoms with Gasteiger partial charge in [0, 0.05) is 36.4 Å². The highest BCUT2D eigenvalue weighted by molar-refractivity contribution is 5.93. The summed E-state index contributed by atoms with van der Waals surface area (Å²) < 4.78 is 119. The van der Waals surface area contributed by atoms with E-state index in [0.717, 1.165) is 0 Å². The molecule has 0 aliphatic heterocycles. The first-order chi connectivity index (χ1) is 69.1. The van der Waals surface area contributed by atoms with Crippen LogP contribution in [-0.2, 0) is 117 Å². The van der Waals surface area contributed by atoms with Crippen LogP contribution in [0.2, 0.25) is 0 Å². The molecule has 0 saturated heterocycles. The van der Waals surface area contributed by atoms with Crippen LogP contribution < -0.4 is 56.8 Å². The molecule has 0 fully saturated rings. The van der Waals surface area contributed by atoms with E-state index in [2.05, 4.69) is 0 Å². The molecule has 28 nitrogen and oxygen atoms in total. The maximum Gasteiger partial charge on any atom is 0.337 e. The van der Waals surface area contributed by atoms with Gasteiger partial charge in [0.25, 0.3) is 0 Å². The van der Waals surface area contributed by atoms with E-state index in [4.69, 9.17) is 94.7 Å². The highest BCUT2D eigenvalue weighted by atomic mass is 16.6. The molecular formula is C114H100O28. The molecule has 0 heterocycles. The number of hydrogen-bond donors (Lipinski definition) is 0. The molecule has 0 atom stereocenters. The summed E-state index contributed by atoms with van der Waals surface area (Å²) >= 11 is 0. The van der Waals surface area contributed by atoms with Crippen molar-refractivity contribution in [1.29, 1.82) is 0 Å². The van der Waals surface area contributed by atoms with Gasteiger partial charge in [0.15, 0.2) is 0 Å². The van der Waals surface area contributed by atoms with Crippen molar-refractivity contribution in [1.82, 2.24) is 0 Å². The molecule has 0 radical (unpaired) electrons. The third-order valence-corrected chi connectivity index (χ3v) is 21.7. The minimum atomic E-state index is -0.512. The monoisotopic (exact) mass is 1920 g/mol. The van der Waals surface area contributed by atoms with E-state index in [1.807, 2.05) is 84.9 Å². The molecule has 14 rings (SSSR count). The Morgan fingerprint density at radius 1 is 0.155 bits per heavy atom. The number of benzene rings is 14. The van der Waals surface area contributed by atoms with Crippen LogP contribution in [0.3, 0.4) is 0 Å². The summed E-state index contributed by atoms with van der Waals surface area (Å²) in [5, 5.41) is 0. The van der Waals surface area contributed by atoms with Crippen LogP contribution >= 0.6 is 0 Å². The number of carbonyl (C=O) groups is 8. The number of ether oxygens (including phenoxy) is 20. The number of hydrogen-bond acceptors (Lipinski definition) is 28. The second-order valence-electron chi connectivity index (χ2n) is 32.1. The van der Waals surface area contributed by atoms with E-state index in [1.165, 1.54) is 56.9 Å². The number of rotatable bonds is 46. The fraction of sp³-hybridized carbons (Fsp3) is 0.175. The van der Waals surface area contributed by atoms with Crippen molar-refractivity contribution in [3.63, 3.8) is 0 Å². The van der Waals surface area contributed by atoms with Crippen LogP contribution in [-0.4, -0.2) is 105 Å². The minimum absolute atomic E-state index is 0.0422. The van der Waals surface area contributed by atoms with Crippen LogP contribution in [0.1, 0.15) is 161 Å². The quantitative estimate of drug-likeness (QED) is 0.0194. The van der Waals surface area contributed by atoms with Crippen molar-refractivity contribution < 1.29 is 133 Å². The Labute approximate surface area is 819 Å². The summed E-state index contributed by atoms with van der Waals surface area (Å²) in [5.74, 6) is 0.388. The predicted molar refractivity (Wildman–Crippen MR) is 522 cm³/mol. The Hall–Kier alpha value is -17.8. The summed E-state index contributed by atoms with van der Waals surface area (Å²) in [6, 6.07) is 87.2. The Kier molecular flexibility index (Phi) is 35.1. The molecule has 0 spiro atoms. The number of methoxy groups -OCH3 is 8. The van der Waals surface area contributed by atoms with Crippen LogP contribution in [0, 0.1) is 0 Å². The van der Waals surface area contributed by atoms with Crippen LogP contribution in [0.4, 0.5) is 0 Å². The number of esters is 8. The summed E-state index contributed by atoms with van der Waals surface area (Å²) in [7, 11) is 10.5. The average Bonchev–Trinajstić information content (AvgIpc) is 0.835. The van der Waals surface area contributed by atoms with Gasteiger partial charge in [-0.3, -0.25) is 0 Å². The lowest BCUT2D eigenvalue weighted by atomic mass is 10.1. The molecule has 0 aliphatic rings. The standard InChI is InChI=1S/C114H100O28/c1-123-107(115)87-25-9-17-75(35-87)61-131-99-47-83(48-100(57-99)132-62-76-18-10-26-88(36-76)108(116)124-2)69-139-95-43-73(44-96(55-95)140-70-84-49-101(133-63-77-19-11-27-89(37-77)109(117)125-3)58-102(50-84)134-64-78-20-12-28-90(38-78)110(118)126-4)33-34-74-45-97(141-71-85-51-103(135-65-79-21-13-29-91(39-79)111(119)127-5)59-104(52-85)136-66-80-22-14-30-92(40-80)112(120)128-6)56-98(46-74)142-72-86-53-105(137-67-81-23-15-31-93(41-81)113(121)129-7)60-106(54-86)138-68-82-24-16-32-94(42-82)114(122)130-8/h9-60H,61-72H2,1-8H3/b34-33+. The first-order valence-corrected chi connectivity index (χ1v) is 44.6. The Morgan fingerprint density at radius 2 is 0.275 bits per heavy atom. The SMILES string of the molecule is COC(=O)c1cccc(COc2cc(COc3cc(/C=C/c4cc(OCc5cc(OCc6cccc(C(=O)OC)c6)cc(OCc6cccc(C(=O)OC)c6)c5)cc(OCc5cc(OCc6cccc(C(=O)OC)c6)cc(OCc6cccc(C(=O)OC)c6)c5)c4)cc(OCc4cc(OCc5cccc(C(=O)OC)c5)cc(OCc5cccc(C(=O)OC)c5)c4)c3)cc(OCc3cccc(C(=O)OC)c3)c2)c1. The molecular weight excluding hydrogens is 1820 g/mol. The van der Waals surface area contributed by atoms with Crippen LogP contribution in [0.25, 0.3) is 12.2 Å². The summed E-state index contributed by atoms with van der Waals surface area (Å²) in [6.07, 6.45) is 3.72. The molecule has 0 saturated carbocycles. The van der Waals surface area contributed by atoms with Gasteiger partial charge in [0.2, 0.25) is 0 Å². The van der Waals surface area contributed by atoms with Crippen molar-refractivity contribution in [3.8, 4) is 69.0 Å². The van der Waals surface area contributed by atoms with Crippen molar-refractivity contribution in [3.05, 3.63) is 426 Å². The Balaban J connectivity index is 0.837. The molecule has 0 amide bonds. The molecule has 0 aliphatic carbocycles. The van der Waals surface area contributed by atoms with Crippen LogP contribution in [0.5, 0.6) is 69.0 Å². The zero-order valence-corrected chi connectivity index (χ0v) is 78.9. The largest absolute Gasteiger partial charge is 0.489 e. The van der Waals surface area contributed by atoms with Gasteiger partial charge in [-0.1, -0.05) is 109 Å². The second-order valence-corrected chi connectivity index (χ2v) is 32.1. The highest BCUT2D eigenvalue weighted by Gasteiger charge is 2.20. The van der Waals surface area contributed by atoms with Gasteiger partial charge in [-0.15, -0.1) is 0 Å². The third kappa shape index (κ3) is 29.4. The van der Waals surface area contributed by atoms with Gasteiger partial charge in [-0.2, -0.15) is 0 Å². The van der Waals surface area contributed by atoms with Crippen molar-refractivity contribution in [2.45, 2.75) is 79.3 Å². The lowest BCUT2D eigenvalue weighted by molar-refractivity contribution is 0.0591. The average molecular weight is 1920 g/mol. The topological polar surface area (TPSA) is 321 Å². The van der Waals surface area contributed by atoms with Crippen molar-refractivity contribution in [2.75, 3.05) is 56.9 Å². The summed E-state index contributed by atoms with van der Waals surface area (Å²) in [6.45, 7) is 0.0516. The van der Waals surface area contributed by atoms with E-state index >= 15 is 0 Å². The molecule has 0 unspecified atom stereocenters. The first kappa shape index (κ1) is 100. The van der Waals surface area contributed by atoms with Crippen molar-refractivity contribution >= 4 is 59.9 Å². The first-order valence-electron chi connectivity index (χ1n) is 44.6. The van der Waals surface area contributed by atoms with E-state index in [-0.39, 0.29) is 79.3 Å². The van der Waals surface area contributed by atoms with Crippen LogP contribution in [0.15, 0.2) is 303 Å². The normalized spacial score (nSPS) is 10.8. The molecule has 28 heteroatoms. The molecule has 142 heavy (non-hydrogen) atoms. The predicted octanol–water partition coefficient (Wildman–Crippen LogP) is 21.1. The molecule has 14 aromatic rings. The highest BCUT2D eigenvalue weighted by Crippen LogP contribution is 2.36. The molecule has 14 aromatic carbocycles. The smallest absolute Gasteiger partial charge is 0.337 e. The zero-order valence-electron chi connectivity index (χ0n) is 78.9. The maximum atomic E-state index is 12.7. The maximum absolute atomic E-state index is 12.7. The molecule has 724 valence electrons. The van der Waals surface area contributed by atoms with Gasteiger partial charge in [-0.05, 0) is 248 Å². The molecule has 0 aromatic heterocycles. The van der Waals surface area contributed by atoms with Gasteiger partial charge in [0.05, 0.1) is 101 Å². The van der Waals surface area contributed by atoms with E-state index in [1.54, 1.807) is 231 Å². The van der Waals surface area contributed by atoms with Gasteiger partial charge >= 0.3 is 47.8 Å². The van der Waals surface area contributed by atoms with Crippen molar-refractivity contribution in [2.24, 2.45) is 0 Å². The fourth-order valence-corrected chi connectivity index (χ4v) is 14.7. The zero-order chi connectivity index (χ0) is 99.6. The lowest BCUT2D eigenvalue weighted by Gasteiger charge is -2.16. The van der Waals surface area contributed by atoms with Gasteiger partial charge in [0.1, 0.15) is 148 Å². The fourth-order valence-electron chi connectivity index (χ4n) is 14.7. The number of carbonyl (C=O) groups excluding carboxylic acids is 8. The minimum Gasteiger partial charge on any atom is -0.489 e. The second kappa shape index (κ2) is 49.8. The van der Waals surface area contributed by atoms with E-state index < -0.39 is 47.8 Å². The molecule has 0 N–H and O–H groups in total. The van der Waals surface area contributed by atoms with Gasteiger partial charge in [-0.25, -0.2) is 38.4 Å². The molecule has 0 bridgehead atoms. The lowest BCUT2D eigenvalue weighted by Crippen LogP contribution is -2.05. The summed E-state index contributed by atoms with van der Waals surface area (Å²) in [5.41, 5.74) is 11.7. The Bertz CT molecular complexity index is 5770. The summed E-state index contributed by atoms with van der Waals surface area (Å²) in [4.78, 5) is 101. The van der Waals surface area contributed by atoms with E-state index in [0.29, 0.717) is 191 Å². The Morgan fingerprint density at radius 3 is 0.401 bits per heavy atom. The van der Waals surface area contributed by atoms with Gasteiger partial charge < -0.3 is 94.7 Å².